The molecule has 3 aromatic rings. The summed E-state index contributed by atoms with van der Waals surface area (Å²) < 4.78 is 29.6. The first kappa shape index (κ1) is 19.0. The van der Waals surface area contributed by atoms with Crippen LogP contribution in [0.2, 0.25) is 0 Å². The van der Waals surface area contributed by atoms with Crippen molar-refractivity contribution in [2.75, 3.05) is 11.9 Å². The molecule has 1 aliphatic rings. The molecule has 0 radical (unpaired) electrons. The summed E-state index contributed by atoms with van der Waals surface area (Å²) in [5.74, 6) is -0.235. The van der Waals surface area contributed by atoms with Crippen LogP contribution in [0.25, 0.3) is 10.2 Å². The number of sulfonamides is 1. The van der Waals surface area contributed by atoms with Crippen molar-refractivity contribution in [3.05, 3.63) is 53.0 Å². The minimum Gasteiger partial charge on any atom is -0.326 e. The molecule has 2 heterocycles. The number of thiazole rings is 1. The Morgan fingerprint density at radius 1 is 1.25 bits per heavy atom. The van der Waals surface area contributed by atoms with Crippen LogP contribution in [0.4, 0.5) is 5.69 Å². The summed E-state index contributed by atoms with van der Waals surface area (Å²) in [6.45, 7) is 3.64. The van der Waals surface area contributed by atoms with Gasteiger partial charge in [-0.15, -0.1) is 11.3 Å². The monoisotopic (exact) mass is 415 g/mol. The SMILES string of the molecule is CC(=O)Nc1ccc(C)c(S(=O)(=O)N2CCCC2c2nc3ccccc3s2)c1. The Hall–Kier alpha value is -2.29. The van der Waals surface area contributed by atoms with Gasteiger partial charge in [0.15, 0.2) is 0 Å². The van der Waals surface area contributed by atoms with Crippen LogP contribution in [0.15, 0.2) is 47.4 Å². The molecular formula is C20H21N3O3S2. The fraction of sp³-hybridized carbons (Fsp3) is 0.300. The van der Waals surface area contributed by atoms with E-state index in [2.05, 4.69) is 10.3 Å². The van der Waals surface area contributed by atoms with Gasteiger partial charge in [0.25, 0.3) is 0 Å². The summed E-state index contributed by atoms with van der Waals surface area (Å²) in [7, 11) is -3.71. The number of anilines is 1. The van der Waals surface area contributed by atoms with E-state index in [0.29, 0.717) is 17.8 Å². The summed E-state index contributed by atoms with van der Waals surface area (Å²) in [4.78, 5) is 16.3. The van der Waals surface area contributed by atoms with E-state index in [-0.39, 0.29) is 16.8 Å². The van der Waals surface area contributed by atoms with Crippen molar-refractivity contribution < 1.29 is 13.2 Å². The Morgan fingerprint density at radius 2 is 2.04 bits per heavy atom. The van der Waals surface area contributed by atoms with Crippen molar-refractivity contribution in [3.63, 3.8) is 0 Å². The number of benzene rings is 2. The second kappa shape index (κ2) is 7.27. The predicted octanol–water partition coefficient (Wildman–Crippen LogP) is 4.09. The van der Waals surface area contributed by atoms with Gasteiger partial charge < -0.3 is 5.32 Å². The molecule has 6 nitrogen and oxygen atoms in total. The van der Waals surface area contributed by atoms with Gasteiger partial charge >= 0.3 is 0 Å². The highest BCUT2D eigenvalue weighted by molar-refractivity contribution is 7.89. The Balaban J connectivity index is 1.73. The smallest absolute Gasteiger partial charge is 0.244 e. The van der Waals surface area contributed by atoms with E-state index in [0.717, 1.165) is 28.1 Å². The standard InChI is InChI=1S/C20H21N3O3S2/c1-13-9-10-15(21-14(2)24)12-19(13)28(25,26)23-11-5-7-17(23)20-22-16-6-3-4-8-18(16)27-20/h3-4,6,8-10,12,17H,5,7,11H2,1-2H3,(H,21,24). The highest BCUT2D eigenvalue weighted by Crippen LogP contribution is 2.40. The number of nitrogens with zero attached hydrogens (tertiary/aromatic N) is 2. The Labute approximate surface area is 168 Å². The lowest BCUT2D eigenvalue weighted by Gasteiger charge is -2.23. The van der Waals surface area contributed by atoms with Crippen LogP contribution in [0.1, 0.15) is 36.4 Å². The molecule has 1 aliphatic heterocycles. The van der Waals surface area contributed by atoms with Gasteiger partial charge in [-0.1, -0.05) is 18.2 Å². The minimum absolute atomic E-state index is 0.228. The molecule has 1 amide bonds. The molecule has 0 spiro atoms. The maximum atomic E-state index is 13.5. The van der Waals surface area contributed by atoms with Gasteiger partial charge in [-0.05, 0) is 49.6 Å². The first-order chi connectivity index (χ1) is 13.4. The van der Waals surface area contributed by atoms with Crippen molar-refractivity contribution in [2.45, 2.75) is 37.6 Å². The van der Waals surface area contributed by atoms with Gasteiger partial charge in [0.2, 0.25) is 15.9 Å². The topological polar surface area (TPSA) is 79.4 Å². The van der Waals surface area contributed by atoms with E-state index in [9.17, 15) is 13.2 Å². The van der Waals surface area contributed by atoms with Gasteiger partial charge in [0, 0.05) is 19.2 Å². The van der Waals surface area contributed by atoms with Crippen LogP contribution in [0.5, 0.6) is 0 Å². The molecule has 1 N–H and O–H groups in total. The van der Waals surface area contributed by atoms with Crippen molar-refractivity contribution in [3.8, 4) is 0 Å². The molecule has 0 saturated carbocycles. The molecule has 28 heavy (non-hydrogen) atoms. The van der Waals surface area contributed by atoms with E-state index in [4.69, 9.17) is 0 Å². The molecule has 146 valence electrons. The lowest BCUT2D eigenvalue weighted by molar-refractivity contribution is -0.114. The summed E-state index contributed by atoms with van der Waals surface area (Å²) >= 11 is 1.55. The zero-order chi connectivity index (χ0) is 19.9. The summed E-state index contributed by atoms with van der Waals surface area (Å²) in [5.41, 5.74) is 2.03. The van der Waals surface area contributed by atoms with E-state index in [1.54, 1.807) is 40.8 Å². The van der Waals surface area contributed by atoms with Gasteiger partial charge in [0.05, 0.1) is 21.2 Å². The molecular weight excluding hydrogens is 394 g/mol. The number of nitrogens with one attached hydrogen (secondary N) is 1. The average molecular weight is 416 g/mol. The lowest BCUT2D eigenvalue weighted by Crippen LogP contribution is -2.31. The van der Waals surface area contributed by atoms with Gasteiger partial charge in [0.1, 0.15) is 5.01 Å². The van der Waals surface area contributed by atoms with Crippen LogP contribution in [0, 0.1) is 6.92 Å². The van der Waals surface area contributed by atoms with Crippen LogP contribution in [-0.2, 0) is 14.8 Å². The Morgan fingerprint density at radius 3 is 2.79 bits per heavy atom. The highest BCUT2D eigenvalue weighted by Gasteiger charge is 2.38. The van der Waals surface area contributed by atoms with Crippen LogP contribution < -0.4 is 5.32 Å². The zero-order valence-electron chi connectivity index (χ0n) is 15.7. The lowest BCUT2D eigenvalue weighted by atomic mass is 10.2. The number of aryl methyl sites for hydroxylation is 1. The fourth-order valence-electron chi connectivity index (χ4n) is 3.59. The van der Waals surface area contributed by atoms with Crippen molar-refractivity contribution in [1.29, 1.82) is 0 Å². The van der Waals surface area contributed by atoms with E-state index < -0.39 is 10.0 Å². The maximum absolute atomic E-state index is 13.5. The van der Waals surface area contributed by atoms with Gasteiger partial charge in [-0.3, -0.25) is 4.79 Å². The number of aromatic nitrogens is 1. The average Bonchev–Trinajstić information content (AvgIpc) is 3.29. The number of amides is 1. The number of hydrogen-bond donors (Lipinski definition) is 1. The van der Waals surface area contributed by atoms with Crippen molar-refractivity contribution in [2.24, 2.45) is 0 Å². The molecule has 1 saturated heterocycles. The van der Waals surface area contributed by atoms with E-state index >= 15 is 0 Å². The summed E-state index contributed by atoms with van der Waals surface area (Å²) in [5, 5.41) is 3.49. The number of hydrogen-bond acceptors (Lipinski definition) is 5. The molecule has 1 aromatic heterocycles. The number of para-hydroxylation sites is 1. The fourth-order valence-corrected chi connectivity index (χ4v) is 6.69. The Bertz CT molecular complexity index is 1120. The normalized spacial score (nSPS) is 17.9. The third-order valence-corrected chi connectivity index (χ3v) is 8.08. The van der Waals surface area contributed by atoms with Crippen LogP contribution in [-0.4, -0.2) is 30.2 Å². The molecule has 1 fully saturated rings. The number of carbonyl (C=O) groups is 1. The molecule has 0 aliphatic carbocycles. The second-order valence-electron chi connectivity index (χ2n) is 6.96. The molecule has 8 heteroatoms. The molecule has 1 unspecified atom stereocenters. The zero-order valence-corrected chi connectivity index (χ0v) is 17.3. The van der Waals surface area contributed by atoms with Gasteiger partial charge in [-0.2, -0.15) is 4.31 Å². The van der Waals surface area contributed by atoms with Crippen LogP contribution in [0.3, 0.4) is 0 Å². The predicted molar refractivity (Wildman–Crippen MR) is 111 cm³/mol. The first-order valence-electron chi connectivity index (χ1n) is 9.12. The summed E-state index contributed by atoms with van der Waals surface area (Å²) in [6.07, 6.45) is 1.55. The quantitative estimate of drug-likeness (QED) is 0.696. The van der Waals surface area contributed by atoms with Crippen molar-refractivity contribution in [1.82, 2.24) is 9.29 Å². The number of rotatable bonds is 4. The third kappa shape index (κ3) is 3.43. The largest absolute Gasteiger partial charge is 0.326 e. The molecule has 1 atom stereocenters. The van der Waals surface area contributed by atoms with E-state index in [1.165, 1.54) is 6.92 Å². The summed E-state index contributed by atoms with van der Waals surface area (Å²) in [6, 6.07) is 12.6. The highest BCUT2D eigenvalue weighted by atomic mass is 32.2. The minimum atomic E-state index is -3.71. The number of fused-ring (bicyclic) bond motifs is 1. The molecule has 0 bridgehead atoms. The Kier molecular flexibility index (Phi) is 4.95. The van der Waals surface area contributed by atoms with Crippen molar-refractivity contribution >= 4 is 43.2 Å². The second-order valence-corrected chi connectivity index (χ2v) is 9.88. The van der Waals surface area contributed by atoms with Crippen LogP contribution >= 0.6 is 11.3 Å². The molecule has 2 aromatic carbocycles. The van der Waals surface area contributed by atoms with Gasteiger partial charge in [-0.25, -0.2) is 13.4 Å². The number of carbonyl (C=O) groups excluding carboxylic acids is 1. The first-order valence-corrected chi connectivity index (χ1v) is 11.4. The molecule has 4 rings (SSSR count). The van der Waals surface area contributed by atoms with E-state index in [1.807, 2.05) is 24.3 Å². The third-order valence-electron chi connectivity index (χ3n) is 4.89. The maximum Gasteiger partial charge on any atom is 0.244 e.